The van der Waals surface area contributed by atoms with Gasteiger partial charge in [0.15, 0.2) is 0 Å². The largest absolute Gasteiger partial charge is 0.489 e. The van der Waals surface area contributed by atoms with Crippen molar-refractivity contribution in [3.63, 3.8) is 0 Å². The molecule has 0 radical (unpaired) electrons. The van der Waals surface area contributed by atoms with Crippen LogP contribution in [0.2, 0.25) is 0 Å². The quantitative estimate of drug-likeness (QED) is 0.483. The van der Waals surface area contributed by atoms with Crippen LogP contribution in [-0.2, 0) is 22.2 Å². The van der Waals surface area contributed by atoms with E-state index in [0.717, 1.165) is 22.4 Å². The standard InChI is InChI=1S/C28H32N2O3/c1-27(2)11-12-28(3,4)25-13-19(5-10-24(25)27)17-33-22-8-6-20(7-9-22)23(14-26(31)32)21-15-29-18-30-16-21/h5-10,13,15-16,18,23H,11-12,14,17H2,1-4H3,(H,31,32). The Hall–Kier alpha value is -3.21. The molecule has 172 valence electrons. The van der Waals surface area contributed by atoms with Crippen LogP contribution in [-0.4, -0.2) is 21.0 Å². The van der Waals surface area contributed by atoms with E-state index in [-0.39, 0.29) is 23.2 Å². The Morgan fingerprint density at radius 2 is 1.58 bits per heavy atom. The van der Waals surface area contributed by atoms with Crippen molar-refractivity contribution in [2.75, 3.05) is 0 Å². The fourth-order valence-corrected chi connectivity index (χ4v) is 4.78. The van der Waals surface area contributed by atoms with Crippen molar-refractivity contribution in [3.05, 3.63) is 89.0 Å². The second-order valence-corrected chi connectivity index (χ2v) is 10.3. The second kappa shape index (κ2) is 8.97. The first-order valence-corrected chi connectivity index (χ1v) is 11.5. The van der Waals surface area contributed by atoms with E-state index >= 15 is 0 Å². The highest BCUT2D eigenvalue weighted by Crippen LogP contribution is 2.46. The summed E-state index contributed by atoms with van der Waals surface area (Å²) in [6.45, 7) is 9.82. The van der Waals surface area contributed by atoms with E-state index < -0.39 is 5.97 Å². The lowest BCUT2D eigenvalue weighted by molar-refractivity contribution is -0.137. The van der Waals surface area contributed by atoms with Gasteiger partial charge in [-0.25, -0.2) is 9.97 Å². The summed E-state index contributed by atoms with van der Waals surface area (Å²) in [7, 11) is 0. The maximum atomic E-state index is 11.4. The fourth-order valence-electron chi connectivity index (χ4n) is 4.78. The summed E-state index contributed by atoms with van der Waals surface area (Å²) in [5, 5.41) is 9.36. The molecule has 0 saturated carbocycles. The van der Waals surface area contributed by atoms with Crippen LogP contribution >= 0.6 is 0 Å². The number of aliphatic carboxylic acids is 1. The molecule has 0 spiro atoms. The predicted octanol–water partition coefficient (Wildman–Crippen LogP) is 6.01. The molecule has 33 heavy (non-hydrogen) atoms. The average Bonchev–Trinajstić information content (AvgIpc) is 2.80. The molecule has 0 bridgehead atoms. The highest BCUT2D eigenvalue weighted by molar-refractivity contribution is 5.69. The molecule has 0 saturated heterocycles. The van der Waals surface area contributed by atoms with Crippen molar-refractivity contribution >= 4 is 5.97 Å². The first-order chi connectivity index (χ1) is 15.7. The van der Waals surface area contributed by atoms with Gasteiger partial charge >= 0.3 is 5.97 Å². The third-order valence-corrected chi connectivity index (χ3v) is 6.97. The van der Waals surface area contributed by atoms with E-state index in [1.54, 1.807) is 12.4 Å². The van der Waals surface area contributed by atoms with Crippen molar-refractivity contribution in [3.8, 4) is 5.75 Å². The summed E-state index contributed by atoms with van der Waals surface area (Å²) in [5.41, 5.74) is 6.09. The van der Waals surface area contributed by atoms with Crippen LogP contribution in [0, 0.1) is 0 Å². The number of ether oxygens (including phenoxy) is 1. The summed E-state index contributed by atoms with van der Waals surface area (Å²) >= 11 is 0. The molecule has 3 aromatic rings. The minimum atomic E-state index is -0.859. The molecule has 0 aliphatic heterocycles. The normalized spacial score (nSPS) is 17.1. The van der Waals surface area contributed by atoms with E-state index in [1.807, 2.05) is 24.3 Å². The lowest BCUT2D eigenvalue weighted by Gasteiger charge is -2.42. The van der Waals surface area contributed by atoms with Crippen molar-refractivity contribution in [2.45, 2.75) is 70.3 Å². The molecular weight excluding hydrogens is 412 g/mol. The van der Waals surface area contributed by atoms with Gasteiger partial charge in [0.25, 0.3) is 0 Å². The van der Waals surface area contributed by atoms with E-state index in [9.17, 15) is 9.90 Å². The summed E-state index contributed by atoms with van der Waals surface area (Å²) in [5.74, 6) is -0.402. The lowest BCUT2D eigenvalue weighted by Crippen LogP contribution is -2.33. The number of fused-ring (bicyclic) bond motifs is 1. The van der Waals surface area contributed by atoms with E-state index in [1.165, 1.54) is 30.3 Å². The third kappa shape index (κ3) is 5.08. The van der Waals surface area contributed by atoms with Crippen LogP contribution in [0.15, 0.2) is 61.2 Å². The maximum Gasteiger partial charge on any atom is 0.304 e. The van der Waals surface area contributed by atoms with Crippen LogP contribution in [0.4, 0.5) is 0 Å². The van der Waals surface area contributed by atoms with E-state index in [2.05, 4.69) is 55.9 Å². The number of aromatic nitrogens is 2. The minimum Gasteiger partial charge on any atom is -0.489 e. The summed E-state index contributed by atoms with van der Waals surface area (Å²) in [4.78, 5) is 19.5. The highest BCUT2D eigenvalue weighted by Gasteiger charge is 2.36. The lowest BCUT2D eigenvalue weighted by atomic mass is 9.63. The molecule has 0 amide bonds. The monoisotopic (exact) mass is 444 g/mol. The molecule has 1 aromatic heterocycles. The van der Waals surface area contributed by atoms with Gasteiger partial charge in [0.2, 0.25) is 0 Å². The molecule has 1 aliphatic rings. The zero-order valence-corrected chi connectivity index (χ0v) is 19.8. The Kier molecular flexibility index (Phi) is 6.24. The zero-order chi connectivity index (χ0) is 23.6. The molecule has 5 nitrogen and oxygen atoms in total. The van der Waals surface area contributed by atoms with Gasteiger partial charge < -0.3 is 9.84 Å². The molecular formula is C28H32N2O3. The van der Waals surface area contributed by atoms with Gasteiger partial charge in [0, 0.05) is 18.3 Å². The van der Waals surface area contributed by atoms with Crippen LogP contribution in [0.1, 0.15) is 80.7 Å². The van der Waals surface area contributed by atoms with Crippen LogP contribution in [0.25, 0.3) is 0 Å². The van der Waals surface area contributed by atoms with Gasteiger partial charge in [-0.2, -0.15) is 0 Å². The number of benzene rings is 2. The van der Waals surface area contributed by atoms with E-state index in [4.69, 9.17) is 4.74 Å². The predicted molar refractivity (Wildman–Crippen MR) is 129 cm³/mol. The molecule has 1 aliphatic carbocycles. The number of hydrogen-bond donors (Lipinski definition) is 1. The van der Waals surface area contributed by atoms with Gasteiger partial charge in [-0.15, -0.1) is 0 Å². The Morgan fingerprint density at radius 1 is 0.939 bits per heavy atom. The molecule has 1 unspecified atom stereocenters. The van der Waals surface area contributed by atoms with Gasteiger partial charge in [-0.1, -0.05) is 58.0 Å². The molecule has 1 atom stereocenters. The fraction of sp³-hybridized carbons (Fsp3) is 0.393. The summed E-state index contributed by atoms with van der Waals surface area (Å²) in [6.07, 6.45) is 7.15. The zero-order valence-electron chi connectivity index (χ0n) is 19.8. The Labute approximate surface area is 195 Å². The first kappa shape index (κ1) is 23.0. The number of carboxylic acids is 1. The number of nitrogens with zero attached hydrogens (tertiary/aromatic N) is 2. The molecule has 0 fully saturated rings. The molecule has 1 heterocycles. The molecule has 4 rings (SSSR count). The van der Waals surface area contributed by atoms with Gasteiger partial charge in [0.05, 0.1) is 6.42 Å². The van der Waals surface area contributed by atoms with Crippen molar-refractivity contribution in [1.29, 1.82) is 0 Å². The molecule has 5 heteroatoms. The van der Waals surface area contributed by atoms with Crippen LogP contribution in [0.3, 0.4) is 0 Å². The summed E-state index contributed by atoms with van der Waals surface area (Å²) in [6, 6.07) is 14.4. The number of hydrogen-bond acceptors (Lipinski definition) is 4. The Balaban J connectivity index is 1.49. The van der Waals surface area contributed by atoms with Crippen molar-refractivity contribution < 1.29 is 14.6 Å². The Bertz CT molecular complexity index is 1120. The molecule has 1 N–H and O–H groups in total. The third-order valence-electron chi connectivity index (χ3n) is 6.97. The number of carbonyl (C=O) groups is 1. The minimum absolute atomic E-state index is 0.0190. The van der Waals surface area contributed by atoms with Gasteiger partial charge in [0.1, 0.15) is 18.7 Å². The molecule has 2 aromatic carbocycles. The maximum absolute atomic E-state index is 11.4. The van der Waals surface area contributed by atoms with Gasteiger partial charge in [-0.3, -0.25) is 4.79 Å². The average molecular weight is 445 g/mol. The van der Waals surface area contributed by atoms with Crippen LogP contribution in [0.5, 0.6) is 5.75 Å². The SMILES string of the molecule is CC1(C)CCC(C)(C)c2cc(COc3ccc(C(CC(=O)O)c4cncnc4)cc3)ccc21. The smallest absolute Gasteiger partial charge is 0.304 e. The number of rotatable bonds is 7. The second-order valence-electron chi connectivity index (χ2n) is 10.3. The Morgan fingerprint density at radius 3 is 2.21 bits per heavy atom. The topological polar surface area (TPSA) is 72.3 Å². The van der Waals surface area contributed by atoms with Crippen molar-refractivity contribution in [2.24, 2.45) is 0 Å². The first-order valence-electron chi connectivity index (χ1n) is 11.5. The number of carboxylic acid groups (broad SMARTS) is 1. The van der Waals surface area contributed by atoms with Crippen molar-refractivity contribution in [1.82, 2.24) is 9.97 Å². The van der Waals surface area contributed by atoms with Crippen LogP contribution < -0.4 is 4.74 Å². The van der Waals surface area contributed by atoms with E-state index in [0.29, 0.717) is 6.61 Å². The van der Waals surface area contributed by atoms with Gasteiger partial charge in [-0.05, 0) is 63.6 Å². The highest BCUT2D eigenvalue weighted by atomic mass is 16.5. The summed E-state index contributed by atoms with van der Waals surface area (Å²) < 4.78 is 6.08.